The SMILES string of the molecule is C[C@H](Oc1cc2c3c(c1)nc(-c1ccc4nc(N)sc4c1)n3CCCO2)C(N)=O. The normalized spacial score (nSPS) is 14.5. The Morgan fingerprint density at radius 3 is 2.97 bits per heavy atom. The summed E-state index contributed by atoms with van der Waals surface area (Å²) in [7, 11) is 0. The zero-order chi connectivity index (χ0) is 20.1. The highest BCUT2D eigenvalue weighted by molar-refractivity contribution is 7.22. The molecule has 0 radical (unpaired) electrons. The second-order valence-electron chi connectivity index (χ2n) is 6.98. The van der Waals surface area contributed by atoms with Crippen LogP contribution in [0.3, 0.4) is 0 Å². The minimum absolute atomic E-state index is 0.502. The molecule has 9 heteroatoms. The van der Waals surface area contributed by atoms with Gasteiger partial charge in [-0.25, -0.2) is 9.97 Å². The molecule has 5 rings (SSSR count). The van der Waals surface area contributed by atoms with Gasteiger partial charge in [0.25, 0.3) is 5.91 Å². The quantitative estimate of drug-likeness (QED) is 0.535. The van der Waals surface area contributed by atoms with Crippen LogP contribution in [0.2, 0.25) is 0 Å². The highest BCUT2D eigenvalue weighted by Crippen LogP contribution is 2.38. The lowest BCUT2D eigenvalue weighted by molar-refractivity contribution is -0.123. The van der Waals surface area contributed by atoms with Gasteiger partial charge in [0.15, 0.2) is 11.2 Å². The van der Waals surface area contributed by atoms with Gasteiger partial charge < -0.3 is 25.5 Å². The van der Waals surface area contributed by atoms with Gasteiger partial charge in [-0.15, -0.1) is 0 Å². The Morgan fingerprint density at radius 2 is 2.14 bits per heavy atom. The number of primary amides is 1. The molecule has 1 aliphatic heterocycles. The van der Waals surface area contributed by atoms with Crippen LogP contribution in [0.5, 0.6) is 11.5 Å². The number of fused-ring (bicyclic) bond motifs is 1. The van der Waals surface area contributed by atoms with Gasteiger partial charge in [0.2, 0.25) is 0 Å². The van der Waals surface area contributed by atoms with E-state index in [0.29, 0.717) is 23.2 Å². The molecule has 2 aromatic carbocycles. The first kappa shape index (κ1) is 17.7. The molecule has 0 bridgehead atoms. The van der Waals surface area contributed by atoms with Gasteiger partial charge >= 0.3 is 0 Å². The summed E-state index contributed by atoms with van der Waals surface area (Å²) in [6.07, 6.45) is 0.114. The lowest BCUT2D eigenvalue weighted by Gasteiger charge is -2.13. The highest BCUT2D eigenvalue weighted by atomic mass is 32.1. The predicted octanol–water partition coefficient (Wildman–Crippen LogP) is 2.93. The monoisotopic (exact) mass is 409 g/mol. The number of nitrogen functional groups attached to an aromatic ring is 1. The van der Waals surface area contributed by atoms with E-state index in [1.807, 2.05) is 18.2 Å². The van der Waals surface area contributed by atoms with Crippen molar-refractivity contribution in [1.82, 2.24) is 14.5 Å². The minimum atomic E-state index is -0.744. The average Bonchev–Trinajstić information content (AvgIpc) is 3.15. The topological polar surface area (TPSA) is 118 Å². The number of ether oxygens (including phenoxy) is 2. The van der Waals surface area contributed by atoms with Crippen LogP contribution in [-0.4, -0.2) is 33.2 Å². The number of anilines is 1. The van der Waals surface area contributed by atoms with E-state index < -0.39 is 12.0 Å². The fourth-order valence-electron chi connectivity index (χ4n) is 3.57. The Hall–Kier alpha value is -3.33. The van der Waals surface area contributed by atoms with Gasteiger partial charge in [0, 0.05) is 24.2 Å². The molecule has 0 unspecified atom stereocenters. The largest absolute Gasteiger partial charge is 0.491 e. The number of thiazole rings is 1. The number of hydrogen-bond acceptors (Lipinski definition) is 7. The van der Waals surface area contributed by atoms with Crippen molar-refractivity contribution in [3.8, 4) is 22.9 Å². The number of amides is 1. The molecule has 0 saturated heterocycles. The molecule has 0 aliphatic carbocycles. The average molecular weight is 409 g/mol. The number of aromatic nitrogens is 3. The molecular formula is C20H19N5O3S. The second kappa shape index (κ2) is 6.63. The molecule has 1 amide bonds. The Kier molecular flexibility index (Phi) is 4.06. The summed E-state index contributed by atoms with van der Waals surface area (Å²) in [5.74, 6) is 1.51. The molecule has 148 valence electrons. The van der Waals surface area contributed by atoms with E-state index in [0.717, 1.165) is 45.6 Å². The van der Waals surface area contributed by atoms with Gasteiger partial charge in [0.1, 0.15) is 22.8 Å². The van der Waals surface area contributed by atoms with E-state index in [9.17, 15) is 4.79 Å². The summed E-state index contributed by atoms with van der Waals surface area (Å²) >= 11 is 1.46. The molecule has 0 fully saturated rings. The van der Waals surface area contributed by atoms with Crippen LogP contribution in [0.4, 0.5) is 5.13 Å². The van der Waals surface area contributed by atoms with E-state index in [-0.39, 0.29) is 0 Å². The van der Waals surface area contributed by atoms with Crippen LogP contribution in [0, 0.1) is 0 Å². The molecule has 2 aromatic heterocycles. The molecule has 3 heterocycles. The molecule has 8 nitrogen and oxygen atoms in total. The molecule has 29 heavy (non-hydrogen) atoms. The standard InChI is InChI=1S/C20H19N5O3S/c1-10(18(21)26)28-12-8-14-17-15(9-12)27-6-2-5-25(17)19(23-14)11-3-4-13-16(7-11)29-20(22)24-13/h3-4,7-10H,2,5-6H2,1H3,(H2,21,26)(H2,22,24)/t10-/m0/s1. The van der Waals surface area contributed by atoms with Crippen molar-refractivity contribution in [3.63, 3.8) is 0 Å². The highest BCUT2D eigenvalue weighted by Gasteiger charge is 2.22. The number of imidazole rings is 1. The fourth-order valence-corrected chi connectivity index (χ4v) is 4.34. The van der Waals surface area contributed by atoms with Crippen molar-refractivity contribution in [3.05, 3.63) is 30.3 Å². The number of hydrogen-bond donors (Lipinski definition) is 2. The first-order valence-corrected chi connectivity index (χ1v) is 10.1. The summed E-state index contributed by atoms with van der Waals surface area (Å²) in [5.41, 5.74) is 14.7. The van der Waals surface area contributed by atoms with Gasteiger partial charge in [-0.1, -0.05) is 11.3 Å². The van der Waals surface area contributed by atoms with Gasteiger partial charge in [-0.2, -0.15) is 0 Å². The molecule has 1 aliphatic rings. The van der Waals surface area contributed by atoms with Gasteiger partial charge in [-0.05, 0) is 31.5 Å². The van der Waals surface area contributed by atoms with Crippen LogP contribution >= 0.6 is 11.3 Å². The van der Waals surface area contributed by atoms with E-state index in [2.05, 4.69) is 15.6 Å². The number of benzene rings is 2. The van der Waals surface area contributed by atoms with Crippen LogP contribution in [0.1, 0.15) is 13.3 Å². The molecule has 0 spiro atoms. The fraction of sp³-hybridized carbons (Fsp3) is 0.250. The van der Waals surface area contributed by atoms with Crippen LogP contribution < -0.4 is 20.9 Å². The lowest BCUT2D eigenvalue weighted by Crippen LogP contribution is -2.30. The number of nitrogens with two attached hydrogens (primary N) is 2. The van der Waals surface area contributed by atoms with Crippen molar-refractivity contribution < 1.29 is 14.3 Å². The number of aryl methyl sites for hydroxylation is 1. The van der Waals surface area contributed by atoms with Gasteiger partial charge in [-0.3, -0.25) is 4.79 Å². The van der Waals surface area contributed by atoms with Crippen molar-refractivity contribution in [1.29, 1.82) is 0 Å². The zero-order valence-electron chi connectivity index (χ0n) is 15.7. The van der Waals surface area contributed by atoms with Gasteiger partial charge in [0.05, 0.1) is 22.3 Å². The molecule has 0 saturated carbocycles. The van der Waals surface area contributed by atoms with Crippen LogP contribution in [0.15, 0.2) is 30.3 Å². The molecule has 1 atom stereocenters. The first-order valence-electron chi connectivity index (χ1n) is 9.29. The van der Waals surface area contributed by atoms with Crippen molar-refractivity contribution >= 4 is 43.6 Å². The minimum Gasteiger partial charge on any atom is -0.491 e. The third-order valence-electron chi connectivity index (χ3n) is 4.94. The second-order valence-corrected chi connectivity index (χ2v) is 8.04. The van der Waals surface area contributed by atoms with E-state index in [1.54, 1.807) is 13.0 Å². The Morgan fingerprint density at radius 1 is 1.28 bits per heavy atom. The maximum atomic E-state index is 11.4. The van der Waals surface area contributed by atoms with E-state index >= 15 is 0 Å². The molecular weight excluding hydrogens is 390 g/mol. The molecule has 4 aromatic rings. The smallest absolute Gasteiger partial charge is 0.258 e. The van der Waals surface area contributed by atoms with E-state index in [4.69, 9.17) is 25.9 Å². The maximum absolute atomic E-state index is 11.4. The van der Waals surface area contributed by atoms with Crippen molar-refractivity contribution in [2.24, 2.45) is 5.73 Å². The number of nitrogens with zero attached hydrogens (tertiary/aromatic N) is 3. The van der Waals surface area contributed by atoms with Crippen molar-refractivity contribution in [2.45, 2.75) is 26.0 Å². The maximum Gasteiger partial charge on any atom is 0.258 e. The summed E-state index contributed by atoms with van der Waals surface area (Å²) in [6.45, 7) is 3.00. The summed E-state index contributed by atoms with van der Waals surface area (Å²) in [5, 5.41) is 0.546. The third-order valence-corrected chi connectivity index (χ3v) is 5.79. The number of carbonyl (C=O) groups excluding carboxylic acids is 1. The first-order chi connectivity index (χ1) is 14.0. The summed E-state index contributed by atoms with van der Waals surface area (Å²) in [6, 6.07) is 9.63. The zero-order valence-corrected chi connectivity index (χ0v) is 16.5. The summed E-state index contributed by atoms with van der Waals surface area (Å²) < 4.78 is 14.8. The molecule has 4 N–H and O–H groups in total. The van der Waals surface area contributed by atoms with Crippen LogP contribution in [-0.2, 0) is 11.3 Å². The predicted molar refractivity (Wildman–Crippen MR) is 112 cm³/mol. The Labute approximate surface area is 170 Å². The number of rotatable bonds is 4. The van der Waals surface area contributed by atoms with E-state index in [1.165, 1.54) is 11.3 Å². The number of carbonyl (C=O) groups is 1. The summed E-state index contributed by atoms with van der Waals surface area (Å²) in [4.78, 5) is 20.6. The third kappa shape index (κ3) is 3.03. The lowest BCUT2D eigenvalue weighted by atomic mass is 10.2. The Balaban J connectivity index is 1.67. The van der Waals surface area contributed by atoms with Crippen LogP contribution in [0.25, 0.3) is 32.6 Å². The Bertz CT molecular complexity index is 1260. The van der Waals surface area contributed by atoms with Crippen molar-refractivity contribution in [2.75, 3.05) is 12.3 Å².